The third kappa shape index (κ3) is 5.58. The molecular formula is C33H37N3O4. The van der Waals surface area contributed by atoms with Gasteiger partial charge < -0.3 is 14.4 Å². The summed E-state index contributed by atoms with van der Waals surface area (Å²) in [4.78, 5) is 18.9. The average Bonchev–Trinajstić information content (AvgIpc) is 3.42. The van der Waals surface area contributed by atoms with E-state index in [0.717, 1.165) is 47.2 Å². The van der Waals surface area contributed by atoms with Gasteiger partial charge >= 0.3 is 5.97 Å². The number of benzene rings is 3. The van der Waals surface area contributed by atoms with Crippen molar-refractivity contribution in [1.82, 2.24) is 15.0 Å². The van der Waals surface area contributed by atoms with Crippen LogP contribution < -0.4 is 0 Å². The third-order valence-corrected chi connectivity index (χ3v) is 7.69. The van der Waals surface area contributed by atoms with Crippen LogP contribution in [0.25, 0.3) is 34.0 Å². The molecule has 0 amide bonds. The smallest absolute Gasteiger partial charge is 0.321 e. The monoisotopic (exact) mass is 539 g/mol. The third-order valence-electron chi connectivity index (χ3n) is 7.69. The minimum atomic E-state index is -0.785. The van der Waals surface area contributed by atoms with Gasteiger partial charge in [-0.2, -0.15) is 4.98 Å². The van der Waals surface area contributed by atoms with Crippen molar-refractivity contribution in [2.45, 2.75) is 59.7 Å². The Labute approximate surface area is 235 Å². The number of hydrogen-bond acceptors (Lipinski definition) is 6. The van der Waals surface area contributed by atoms with E-state index in [9.17, 15) is 9.90 Å². The Hall–Kier alpha value is -3.81. The zero-order valence-electron chi connectivity index (χ0n) is 23.9. The van der Waals surface area contributed by atoms with Crippen molar-refractivity contribution < 1.29 is 19.2 Å². The topological polar surface area (TPSA) is 88.7 Å². The molecule has 0 saturated heterocycles. The van der Waals surface area contributed by atoms with Crippen LogP contribution >= 0.6 is 0 Å². The molecule has 0 saturated carbocycles. The van der Waals surface area contributed by atoms with E-state index in [0.29, 0.717) is 24.9 Å². The van der Waals surface area contributed by atoms with Crippen LogP contribution in [0.1, 0.15) is 49.9 Å². The molecule has 1 unspecified atom stereocenters. The molecule has 1 aliphatic rings. The molecule has 5 rings (SSSR count). The van der Waals surface area contributed by atoms with E-state index in [-0.39, 0.29) is 5.41 Å². The van der Waals surface area contributed by atoms with Crippen molar-refractivity contribution in [3.63, 3.8) is 0 Å². The van der Waals surface area contributed by atoms with E-state index in [4.69, 9.17) is 14.2 Å². The molecule has 40 heavy (non-hydrogen) atoms. The highest BCUT2D eigenvalue weighted by atomic mass is 16.5. The molecular weight excluding hydrogens is 502 g/mol. The van der Waals surface area contributed by atoms with E-state index in [2.05, 4.69) is 65.5 Å². The second-order valence-electron chi connectivity index (χ2n) is 11.5. The summed E-state index contributed by atoms with van der Waals surface area (Å²) in [5.74, 6) is 0.168. The first kappa shape index (κ1) is 27.7. The molecule has 1 aliphatic heterocycles. The van der Waals surface area contributed by atoms with Gasteiger partial charge in [0, 0.05) is 31.3 Å². The number of aromatic nitrogens is 2. The number of aryl methyl sites for hydroxylation is 1. The highest BCUT2D eigenvalue weighted by molar-refractivity contribution is 5.75. The fourth-order valence-electron chi connectivity index (χ4n) is 5.83. The highest BCUT2D eigenvalue weighted by Gasteiger charge is 2.37. The van der Waals surface area contributed by atoms with Gasteiger partial charge in [-0.25, -0.2) is 0 Å². The maximum atomic E-state index is 12.1. The molecule has 0 fully saturated rings. The predicted octanol–water partition coefficient (Wildman–Crippen LogP) is 6.64. The van der Waals surface area contributed by atoms with Gasteiger partial charge in [-0.15, -0.1) is 0 Å². The Bertz CT molecular complexity index is 1520. The summed E-state index contributed by atoms with van der Waals surface area (Å²) >= 11 is 0. The molecule has 1 atom stereocenters. The standard InChI is InChI=1S/C33H37N3O4/c1-6-21-9-7-8-10-27(21)28-14-13-24(18-26(28)20-39-5)31-34-30(35-40-31)23-12-11-22-15-16-36(19-25(22)17-23)29(32(37)38)33(2,3)4/h7-14,17-18,29H,6,15-16,19-20H2,1-5H3,(H,37,38). The molecule has 0 spiro atoms. The van der Waals surface area contributed by atoms with E-state index < -0.39 is 12.0 Å². The van der Waals surface area contributed by atoms with E-state index in [1.807, 2.05) is 32.9 Å². The fourth-order valence-corrected chi connectivity index (χ4v) is 5.83. The number of carboxylic acids is 1. The minimum Gasteiger partial charge on any atom is -0.480 e. The summed E-state index contributed by atoms with van der Waals surface area (Å²) in [7, 11) is 1.70. The van der Waals surface area contributed by atoms with Crippen molar-refractivity contribution >= 4 is 5.97 Å². The summed E-state index contributed by atoms with van der Waals surface area (Å²) in [6.45, 7) is 9.85. The van der Waals surface area contributed by atoms with Crippen LogP contribution in [0.3, 0.4) is 0 Å². The minimum absolute atomic E-state index is 0.376. The summed E-state index contributed by atoms with van der Waals surface area (Å²) in [6.07, 6.45) is 1.76. The highest BCUT2D eigenvalue weighted by Crippen LogP contribution is 2.34. The Morgan fingerprint density at radius 2 is 1.77 bits per heavy atom. The number of carboxylic acid groups (broad SMARTS) is 1. The normalized spacial score (nSPS) is 14.6. The second-order valence-corrected chi connectivity index (χ2v) is 11.5. The number of hydrogen-bond donors (Lipinski definition) is 1. The van der Waals surface area contributed by atoms with E-state index in [1.54, 1.807) is 7.11 Å². The van der Waals surface area contributed by atoms with Gasteiger partial charge in [0.25, 0.3) is 5.89 Å². The quantitative estimate of drug-likeness (QED) is 0.269. The van der Waals surface area contributed by atoms with Crippen LogP contribution in [0.15, 0.2) is 65.2 Å². The largest absolute Gasteiger partial charge is 0.480 e. The fraction of sp³-hybridized carbons (Fsp3) is 0.364. The van der Waals surface area contributed by atoms with Gasteiger partial charge in [0.1, 0.15) is 6.04 Å². The van der Waals surface area contributed by atoms with Crippen molar-refractivity contribution in [3.8, 4) is 34.0 Å². The maximum Gasteiger partial charge on any atom is 0.321 e. The first-order valence-electron chi connectivity index (χ1n) is 13.8. The molecule has 1 N–H and O–H groups in total. The molecule has 7 nitrogen and oxygen atoms in total. The van der Waals surface area contributed by atoms with Gasteiger partial charge in [-0.1, -0.05) is 75.3 Å². The Balaban J connectivity index is 1.43. The van der Waals surface area contributed by atoms with Crippen molar-refractivity contribution in [2.75, 3.05) is 13.7 Å². The molecule has 208 valence electrons. The van der Waals surface area contributed by atoms with Crippen LogP contribution in [0.4, 0.5) is 0 Å². The zero-order chi connectivity index (χ0) is 28.4. The Morgan fingerprint density at radius 3 is 2.50 bits per heavy atom. The number of ether oxygens (including phenoxy) is 1. The lowest BCUT2D eigenvalue weighted by Gasteiger charge is -2.39. The first-order chi connectivity index (χ1) is 19.2. The van der Waals surface area contributed by atoms with Crippen LogP contribution in [-0.4, -0.2) is 45.8 Å². The summed E-state index contributed by atoms with van der Waals surface area (Å²) in [5, 5.41) is 14.2. The molecule has 0 radical (unpaired) electrons. The van der Waals surface area contributed by atoms with Gasteiger partial charge in [-0.3, -0.25) is 9.69 Å². The number of fused-ring (bicyclic) bond motifs is 1. The lowest BCUT2D eigenvalue weighted by molar-refractivity contribution is -0.148. The van der Waals surface area contributed by atoms with Crippen LogP contribution in [-0.2, 0) is 35.5 Å². The van der Waals surface area contributed by atoms with Gasteiger partial charge in [-0.05, 0) is 69.8 Å². The number of aliphatic carboxylic acids is 1. The Morgan fingerprint density at radius 1 is 1.02 bits per heavy atom. The number of nitrogens with zero attached hydrogens (tertiary/aromatic N) is 3. The van der Waals surface area contributed by atoms with E-state index in [1.165, 1.54) is 16.7 Å². The maximum absolute atomic E-state index is 12.1. The molecule has 0 aliphatic carbocycles. The number of carbonyl (C=O) groups is 1. The summed E-state index contributed by atoms with van der Waals surface area (Å²) in [6, 6.07) is 20.2. The molecule has 0 bridgehead atoms. The van der Waals surface area contributed by atoms with Crippen molar-refractivity contribution in [2.24, 2.45) is 5.41 Å². The zero-order valence-corrected chi connectivity index (χ0v) is 23.9. The number of methoxy groups -OCH3 is 1. The summed E-state index contributed by atoms with van der Waals surface area (Å²) in [5.41, 5.74) is 8.33. The lowest BCUT2D eigenvalue weighted by Crippen LogP contribution is -2.51. The second kappa shape index (κ2) is 11.4. The molecule has 1 aromatic heterocycles. The molecule has 3 aromatic carbocycles. The summed E-state index contributed by atoms with van der Waals surface area (Å²) < 4.78 is 11.3. The molecule has 2 heterocycles. The van der Waals surface area contributed by atoms with Crippen molar-refractivity contribution in [1.29, 1.82) is 0 Å². The first-order valence-corrected chi connectivity index (χ1v) is 13.8. The lowest BCUT2D eigenvalue weighted by atomic mass is 9.84. The van der Waals surface area contributed by atoms with Crippen LogP contribution in [0.5, 0.6) is 0 Å². The Kier molecular flexibility index (Phi) is 7.88. The van der Waals surface area contributed by atoms with Crippen LogP contribution in [0.2, 0.25) is 0 Å². The van der Waals surface area contributed by atoms with Crippen LogP contribution in [0, 0.1) is 5.41 Å². The van der Waals surface area contributed by atoms with Crippen molar-refractivity contribution in [3.05, 3.63) is 82.9 Å². The van der Waals surface area contributed by atoms with Gasteiger partial charge in [0.15, 0.2) is 0 Å². The average molecular weight is 540 g/mol. The van der Waals surface area contributed by atoms with E-state index >= 15 is 0 Å². The predicted molar refractivity (Wildman–Crippen MR) is 156 cm³/mol. The molecule has 4 aromatic rings. The molecule has 7 heteroatoms. The van der Waals surface area contributed by atoms with Gasteiger partial charge in [0.2, 0.25) is 5.82 Å². The number of rotatable bonds is 8. The van der Waals surface area contributed by atoms with Gasteiger partial charge in [0.05, 0.1) is 6.61 Å². The SMILES string of the molecule is CCc1ccccc1-c1ccc(-c2nc(-c3ccc4c(c3)CN(C(C(=O)O)C(C)(C)C)CC4)no2)cc1COC.